The van der Waals surface area contributed by atoms with E-state index in [4.69, 9.17) is 14.6 Å². The van der Waals surface area contributed by atoms with Crippen molar-refractivity contribution in [3.8, 4) is 5.75 Å². The minimum Gasteiger partial charge on any atom is -0.494 e. The lowest BCUT2D eigenvalue weighted by Gasteiger charge is -2.36. The average Bonchev–Trinajstić information content (AvgIpc) is 2.96. The standard InChI is InChI=1S/C28H36F3N3O2.C2HF3O2/c29-28(30,31)24-9-6-8-23(22-24)27(35)34-19-17-33(18-20-34)25-10-12-26(13-11-25)36-21-7-16-32-14-4-2-1-3-5-15-32;3-2(4,5)1(6)7/h6,8-13,22H,1-5,7,14-21H2;(H,6,7). The van der Waals surface area contributed by atoms with Gasteiger partial charge in [-0.15, -0.1) is 0 Å². The molecule has 7 nitrogen and oxygen atoms in total. The highest BCUT2D eigenvalue weighted by Gasteiger charge is 2.38. The second-order valence-electron chi connectivity index (χ2n) is 10.5. The number of carbonyl (C=O) groups is 2. The van der Waals surface area contributed by atoms with E-state index in [0.717, 1.165) is 36.5 Å². The summed E-state index contributed by atoms with van der Waals surface area (Å²) in [6.07, 6.45) is -1.85. The fourth-order valence-electron chi connectivity index (χ4n) is 4.95. The van der Waals surface area contributed by atoms with E-state index in [1.165, 1.54) is 57.3 Å². The van der Waals surface area contributed by atoms with Crippen LogP contribution in [0, 0.1) is 0 Å². The Morgan fingerprint density at radius 2 is 1.37 bits per heavy atom. The molecule has 1 N–H and O–H groups in total. The quantitative estimate of drug-likeness (QED) is 0.289. The van der Waals surface area contributed by atoms with Gasteiger partial charge in [-0.05, 0) is 74.8 Å². The van der Waals surface area contributed by atoms with Gasteiger partial charge in [0.1, 0.15) is 5.75 Å². The van der Waals surface area contributed by atoms with Crippen molar-refractivity contribution < 1.29 is 45.8 Å². The van der Waals surface area contributed by atoms with Gasteiger partial charge < -0.3 is 24.5 Å². The molecule has 2 aromatic rings. The number of carboxylic acid groups (broad SMARTS) is 1. The van der Waals surface area contributed by atoms with Crippen LogP contribution in [-0.2, 0) is 11.0 Å². The number of carboxylic acids is 1. The third-order valence-corrected chi connectivity index (χ3v) is 7.28. The van der Waals surface area contributed by atoms with E-state index in [-0.39, 0.29) is 11.5 Å². The molecule has 0 bridgehead atoms. The summed E-state index contributed by atoms with van der Waals surface area (Å²) in [5.41, 5.74) is 0.326. The predicted octanol–water partition coefficient (Wildman–Crippen LogP) is 6.34. The number of amides is 1. The zero-order valence-electron chi connectivity index (χ0n) is 23.8. The number of halogens is 6. The van der Waals surface area contributed by atoms with Crippen LogP contribution in [0.3, 0.4) is 0 Å². The van der Waals surface area contributed by atoms with Crippen LogP contribution in [0.4, 0.5) is 32.0 Å². The molecule has 2 saturated heterocycles. The first-order valence-corrected chi connectivity index (χ1v) is 14.3. The van der Waals surface area contributed by atoms with Crippen molar-refractivity contribution in [2.75, 3.05) is 57.3 Å². The van der Waals surface area contributed by atoms with Crippen molar-refractivity contribution in [2.24, 2.45) is 0 Å². The van der Waals surface area contributed by atoms with Gasteiger partial charge in [0.15, 0.2) is 0 Å². The van der Waals surface area contributed by atoms with Gasteiger partial charge in [-0.1, -0.05) is 25.3 Å². The van der Waals surface area contributed by atoms with Crippen LogP contribution in [0.25, 0.3) is 0 Å². The second-order valence-corrected chi connectivity index (χ2v) is 10.5. The number of alkyl halides is 6. The molecule has 0 atom stereocenters. The summed E-state index contributed by atoms with van der Waals surface area (Å²) in [7, 11) is 0. The normalized spacial score (nSPS) is 16.9. The monoisotopic (exact) mass is 617 g/mol. The van der Waals surface area contributed by atoms with Crippen molar-refractivity contribution >= 4 is 17.6 Å². The first kappa shape index (κ1) is 34.0. The number of piperazine rings is 1. The molecule has 0 aromatic heterocycles. The number of benzene rings is 2. The van der Waals surface area contributed by atoms with Gasteiger partial charge in [0.2, 0.25) is 0 Å². The fourth-order valence-corrected chi connectivity index (χ4v) is 4.95. The number of carbonyl (C=O) groups excluding carboxylic acids is 1. The summed E-state index contributed by atoms with van der Waals surface area (Å²) < 4.78 is 76.6. The Labute approximate surface area is 247 Å². The first-order valence-electron chi connectivity index (χ1n) is 14.3. The van der Waals surface area contributed by atoms with Gasteiger partial charge >= 0.3 is 18.3 Å². The Kier molecular flexibility index (Phi) is 12.5. The molecule has 2 aliphatic rings. The summed E-state index contributed by atoms with van der Waals surface area (Å²) >= 11 is 0. The van der Waals surface area contributed by atoms with E-state index in [1.54, 1.807) is 4.90 Å². The lowest BCUT2D eigenvalue weighted by Crippen LogP contribution is -2.48. The number of hydrogen-bond acceptors (Lipinski definition) is 5. The Morgan fingerprint density at radius 1 is 0.791 bits per heavy atom. The topological polar surface area (TPSA) is 73.3 Å². The van der Waals surface area contributed by atoms with Crippen LogP contribution in [0.15, 0.2) is 48.5 Å². The summed E-state index contributed by atoms with van der Waals surface area (Å²) in [5.74, 6) is -2.27. The molecule has 13 heteroatoms. The number of rotatable bonds is 7. The van der Waals surface area contributed by atoms with E-state index in [9.17, 15) is 31.1 Å². The van der Waals surface area contributed by atoms with Crippen molar-refractivity contribution in [1.29, 1.82) is 0 Å². The van der Waals surface area contributed by atoms with Gasteiger partial charge in [-0.25, -0.2) is 4.79 Å². The average molecular weight is 618 g/mol. The van der Waals surface area contributed by atoms with Crippen molar-refractivity contribution in [3.05, 3.63) is 59.7 Å². The Morgan fingerprint density at radius 3 is 1.93 bits per heavy atom. The van der Waals surface area contributed by atoms with Crippen LogP contribution >= 0.6 is 0 Å². The number of anilines is 1. The Balaban J connectivity index is 0.000000646. The maximum absolute atomic E-state index is 13.0. The molecule has 0 radical (unpaired) electrons. The number of aliphatic carboxylic acids is 1. The number of ether oxygens (including phenoxy) is 1. The zero-order chi connectivity index (χ0) is 31.5. The molecule has 2 aromatic carbocycles. The molecule has 4 rings (SSSR count). The highest BCUT2D eigenvalue weighted by molar-refractivity contribution is 5.94. The summed E-state index contributed by atoms with van der Waals surface area (Å²) in [4.78, 5) is 28.0. The van der Waals surface area contributed by atoms with Gasteiger partial charge in [0, 0.05) is 44.0 Å². The lowest BCUT2D eigenvalue weighted by molar-refractivity contribution is -0.192. The Bertz CT molecular complexity index is 1160. The maximum Gasteiger partial charge on any atom is 0.490 e. The summed E-state index contributed by atoms with van der Waals surface area (Å²) in [5, 5.41) is 7.12. The molecule has 1 amide bonds. The van der Waals surface area contributed by atoms with Gasteiger partial charge in [0.25, 0.3) is 5.91 Å². The first-order chi connectivity index (χ1) is 20.3. The smallest absolute Gasteiger partial charge is 0.490 e. The van der Waals surface area contributed by atoms with E-state index in [2.05, 4.69) is 9.80 Å². The third-order valence-electron chi connectivity index (χ3n) is 7.28. The fraction of sp³-hybridized carbons (Fsp3) is 0.533. The molecular formula is C30H37F6N3O4. The Hall–Kier alpha value is -3.48. The molecule has 2 fully saturated rings. The van der Waals surface area contributed by atoms with Gasteiger partial charge in [-0.2, -0.15) is 26.3 Å². The van der Waals surface area contributed by atoms with Gasteiger partial charge in [0.05, 0.1) is 12.2 Å². The largest absolute Gasteiger partial charge is 0.494 e. The highest BCUT2D eigenvalue weighted by atomic mass is 19.4. The molecule has 2 aliphatic heterocycles. The molecule has 0 spiro atoms. The predicted molar refractivity (Wildman–Crippen MR) is 149 cm³/mol. The zero-order valence-corrected chi connectivity index (χ0v) is 23.8. The molecule has 2 heterocycles. The SMILES string of the molecule is O=C(O)C(F)(F)F.O=C(c1cccc(C(F)(F)F)c1)N1CCN(c2ccc(OCCCN3CCCCCCC3)cc2)CC1. The number of nitrogens with zero attached hydrogens (tertiary/aromatic N) is 3. The van der Waals surface area contributed by atoms with Crippen molar-refractivity contribution in [2.45, 2.75) is 50.9 Å². The summed E-state index contributed by atoms with van der Waals surface area (Å²) in [6, 6.07) is 12.7. The van der Waals surface area contributed by atoms with Crippen LogP contribution in [0.2, 0.25) is 0 Å². The molecular weight excluding hydrogens is 580 g/mol. The molecule has 238 valence electrons. The van der Waals surface area contributed by atoms with E-state index in [0.29, 0.717) is 32.8 Å². The van der Waals surface area contributed by atoms with Crippen molar-refractivity contribution in [3.63, 3.8) is 0 Å². The van der Waals surface area contributed by atoms with E-state index >= 15 is 0 Å². The second kappa shape index (κ2) is 15.8. The van der Waals surface area contributed by atoms with Crippen LogP contribution < -0.4 is 9.64 Å². The molecule has 0 aliphatic carbocycles. The van der Waals surface area contributed by atoms with E-state index in [1.807, 2.05) is 24.3 Å². The highest BCUT2D eigenvalue weighted by Crippen LogP contribution is 2.30. The molecule has 43 heavy (non-hydrogen) atoms. The van der Waals surface area contributed by atoms with Crippen LogP contribution in [-0.4, -0.2) is 85.4 Å². The van der Waals surface area contributed by atoms with Crippen molar-refractivity contribution in [1.82, 2.24) is 9.80 Å². The third kappa shape index (κ3) is 11.3. The van der Waals surface area contributed by atoms with Crippen LogP contribution in [0.5, 0.6) is 5.75 Å². The molecule has 0 unspecified atom stereocenters. The number of likely N-dealkylation sites (tertiary alicyclic amines) is 1. The summed E-state index contributed by atoms with van der Waals surface area (Å²) in [6.45, 7) is 6.36. The van der Waals surface area contributed by atoms with Crippen LogP contribution in [0.1, 0.15) is 54.4 Å². The molecule has 0 saturated carbocycles. The van der Waals surface area contributed by atoms with Gasteiger partial charge in [-0.3, -0.25) is 4.79 Å². The van der Waals surface area contributed by atoms with E-state index < -0.39 is 23.9 Å². The minimum absolute atomic E-state index is 0.0751. The maximum atomic E-state index is 13.0. The number of hydrogen-bond donors (Lipinski definition) is 1. The minimum atomic E-state index is -5.08. The lowest BCUT2D eigenvalue weighted by atomic mass is 10.1.